The SMILES string of the molecule is C[C@@H](NCC(=O)Nc1ccc(CC#N)cc1)c1ccc(Cl)cc1. The van der Waals surface area contributed by atoms with Gasteiger partial charge in [0.05, 0.1) is 19.0 Å². The number of rotatable bonds is 6. The van der Waals surface area contributed by atoms with Crippen LogP contribution in [0.25, 0.3) is 0 Å². The van der Waals surface area contributed by atoms with E-state index in [-0.39, 0.29) is 18.5 Å². The van der Waals surface area contributed by atoms with Gasteiger partial charge in [-0.05, 0) is 42.3 Å². The summed E-state index contributed by atoms with van der Waals surface area (Å²) >= 11 is 5.86. The van der Waals surface area contributed by atoms with Crippen LogP contribution >= 0.6 is 11.6 Å². The zero-order valence-corrected chi connectivity index (χ0v) is 13.6. The summed E-state index contributed by atoms with van der Waals surface area (Å²) in [6.45, 7) is 2.21. The minimum Gasteiger partial charge on any atom is -0.325 e. The van der Waals surface area contributed by atoms with Gasteiger partial charge in [0, 0.05) is 16.8 Å². The highest BCUT2D eigenvalue weighted by atomic mass is 35.5. The van der Waals surface area contributed by atoms with Crippen molar-refractivity contribution in [3.8, 4) is 6.07 Å². The molecule has 0 bridgehead atoms. The van der Waals surface area contributed by atoms with Crippen molar-refractivity contribution in [3.05, 3.63) is 64.7 Å². The second kappa shape index (κ2) is 8.33. The lowest BCUT2D eigenvalue weighted by Crippen LogP contribution is -2.30. The fraction of sp³-hybridized carbons (Fsp3) is 0.222. The molecule has 0 radical (unpaired) electrons. The van der Waals surface area contributed by atoms with Crippen molar-refractivity contribution >= 4 is 23.2 Å². The molecule has 118 valence electrons. The number of hydrogen-bond donors (Lipinski definition) is 2. The predicted molar refractivity (Wildman–Crippen MR) is 92.3 cm³/mol. The number of anilines is 1. The number of carbonyl (C=O) groups excluding carboxylic acids is 1. The Morgan fingerprint density at radius 2 is 1.83 bits per heavy atom. The quantitative estimate of drug-likeness (QED) is 0.850. The maximum atomic E-state index is 12.0. The number of amides is 1. The molecule has 2 aromatic carbocycles. The molecule has 0 fully saturated rings. The highest BCUT2D eigenvalue weighted by Crippen LogP contribution is 2.16. The lowest BCUT2D eigenvalue weighted by Gasteiger charge is -2.14. The lowest BCUT2D eigenvalue weighted by molar-refractivity contribution is -0.115. The smallest absolute Gasteiger partial charge is 0.238 e. The van der Waals surface area contributed by atoms with Crippen LogP contribution in [-0.4, -0.2) is 12.5 Å². The number of halogens is 1. The van der Waals surface area contributed by atoms with Gasteiger partial charge in [0.15, 0.2) is 0 Å². The van der Waals surface area contributed by atoms with Crippen LogP contribution in [0.3, 0.4) is 0 Å². The van der Waals surface area contributed by atoms with Crippen molar-refractivity contribution in [2.24, 2.45) is 0 Å². The van der Waals surface area contributed by atoms with Crippen LogP contribution < -0.4 is 10.6 Å². The molecule has 0 saturated carbocycles. The number of nitriles is 1. The van der Waals surface area contributed by atoms with Crippen LogP contribution in [0.1, 0.15) is 24.1 Å². The minimum atomic E-state index is -0.112. The third-order valence-corrected chi connectivity index (χ3v) is 3.71. The molecular formula is C18H18ClN3O. The molecule has 0 heterocycles. The number of nitrogens with one attached hydrogen (secondary N) is 2. The van der Waals surface area contributed by atoms with E-state index in [0.29, 0.717) is 11.4 Å². The van der Waals surface area contributed by atoms with Crippen LogP contribution in [-0.2, 0) is 11.2 Å². The van der Waals surface area contributed by atoms with Crippen molar-refractivity contribution < 1.29 is 4.79 Å². The maximum absolute atomic E-state index is 12.0. The average Bonchev–Trinajstić information content (AvgIpc) is 2.55. The van der Waals surface area contributed by atoms with Gasteiger partial charge in [0.25, 0.3) is 0 Å². The van der Waals surface area contributed by atoms with E-state index in [1.807, 2.05) is 43.3 Å². The van der Waals surface area contributed by atoms with Crippen LogP contribution in [0, 0.1) is 11.3 Å². The highest BCUT2D eigenvalue weighted by Gasteiger charge is 2.08. The molecule has 2 aromatic rings. The first-order valence-electron chi connectivity index (χ1n) is 7.33. The molecule has 0 aliphatic carbocycles. The van der Waals surface area contributed by atoms with Gasteiger partial charge in [-0.25, -0.2) is 0 Å². The Bertz CT molecular complexity index is 690. The molecule has 2 rings (SSSR count). The van der Waals surface area contributed by atoms with Crippen molar-refractivity contribution in [2.45, 2.75) is 19.4 Å². The van der Waals surface area contributed by atoms with Gasteiger partial charge in [0.1, 0.15) is 0 Å². The Labute approximate surface area is 141 Å². The molecule has 0 spiro atoms. The Morgan fingerprint density at radius 1 is 1.17 bits per heavy atom. The summed E-state index contributed by atoms with van der Waals surface area (Å²) in [5.74, 6) is -0.112. The normalized spacial score (nSPS) is 11.5. The first-order valence-corrected chi connectivity index (χ1v) is 7.71. The van der Waals surface area contributed by atoms with E-state index in [4.69, 9.17) is 16.9 Å². The second-order valence-electron chi connectivity index (χ2n) is 5.23. The fourth-order valence-electron chi connectivity index (χ4n) is 2.12. The van der Waals surface area contributed by atoms with Gasteiger partial charge < -0.3 is 10.6 Å². The lowest BCUT2D eigenvalue weighted by atomic mass is 10.1. The van der Waals surface area contributed by atoms with Gasteiger partial charge >= 0.3 is 0 Å². The molecule has 4 nitrogen and oxygen atoms in total. The zero-order chi connectivity index (χ0) is 16.7. The molecule has 1 atom stereocenters. The molecule has 2 N–H and O–H groups in total. The number of carbonyl (C=O) groups is 1. The predicted octanol–water partition coefficient (Wildman–Crippen LogP) is 3.70. The van der Waals surface area contributed by atoms with E-state index in [9.17, 15) is 4.79 Å². The summed E-state index contributed by atoms with van der Waals surface area (Å²) in [6, 6.07) is 16.9. The van der Waals surface area contributed by atoms with Crippen LogP contribution in [0.4, 0.5) is 5.69 Å². The molecule has 5 heteroatoms. The first-order chi connectivity index (χ1) is 11.1. The van der Waals surface area contributed by atoms with E-state index in [2.05, 4.69) is 16.7 Å². The average molecular weight is 328 g/mol. The van der Waals surface area contributed by atoms with Crippen molar-refractivity contribution in [1.29, 1.82) is 5.26 Å². The van der Waals surface area contributed by atoms with Gasteiger partial charge in [0.2, 0.25) is 5.91 Å². The maximum Gasteiger partial charge on any atom is 0.238 e. The summed E-state index contributed by atoms with van der Waals surface area (Å²) in [6.07, 6.45) is 0.369. The Balaban J connectivity index is 1.82. The summed E-state index contributed by atoms with van der Waals surface area (Å²) in [5.41, 5.74) is 2.72. The van der Waals surface area contributed by atoms with Crippen LogP contribution in [0.5, 0.6) is 0 Å². The summed E-state index contributed by atoms with van der Waals surface area (Å²) in [7, 11) is 0. The van der Waals surface area contributed by atoms with Gasteiger partial charge in [-0.1, -0.05) is 35.9 Å². The van der Waals surface area contributed by atoms with Gasteiger partial charge in [-0.2, -0.15) is 5.26 Å². The third kappa shape index (κ3) is 5.41. The van der Waals surface area contributed by atoms with Crippen molar-refractivity contribution in [2.75, 3.05) is 11.9 Å². The topological polar surface area (TPSA) is 64.9 Å². The van der Waals surface area contributed by atoms with Crippen LogP contribution in [0.2, 0.25) is 5.02 Å². The molecule has 23 heavy (non-hydrogen) atoms. The minimum absolute atomic E-state index is 0.0519. The van der Waals surface area contributed by atoms with Gasteiger partial charge in [-0.15, -0.1) is 0 Å². The molecule has 0 aliphatic heterocycles. The summed E-state index contributed by atoms with van der Waals surface area (Å²) < 4.78 is 0. The second-order valence-corrected chi connectivity index (χ2v) is 5.67. The van der Waals surface area contributed by atoms with E-state index < -0.39 is 0 Å². The monoisotopic (exact) mass is 327 g/mol. The summed E-state index contributed by atoms with van der Waals surface area (Å²) in [5, 5.41) is 15.3. The molecule has 0 aromatic heterocycles. The van der Waals surface area contributed by atoms with E-state index in [1.54, 1.807) is 12.1 Å². The number of hydrogen-bond acceptors (Lipinski definition) is 3. The first kappa shape index (κ1) is 17.0. The van der Waals surface area contributed by atoms with Gasteiger partial charge in [-0.3, -0.25) is 4.79 Å². The fourth-order valence-corrected chi connectivity index (χ4v) is 2.24. The Morgan fingerprint density at radius 3 is 2.43 bits per heavy atom. The Kier molecular flexibility index (Phi) is 6.16. The molecule has 0 unspecified atom stereocenters. The molecule has 0 aliphatic rings. The third-order valence-electron chi connectivity index (χ3n) is 3.46. The van der Waals surface area contributed by atoms with Crippen molar-refractivity contribution in [1.82, 2.24) is 5.32 Å². The van der Waals surface area contributed by atoms with E-state index in [0.717, 1.165) is 16.8 Å². The van der Waals surface area contributed by atoms with E-state index >= 15 is 0 Å². The Hall–Kier alpha value is -2.35. The van der Waals surface area contributed by atoms with E-state index in [1.165, 1.54) is 0 Å². The highest BCUT2D eigenvalue weighted by molar-refractivity contribution is 6.30. The largest absolute Gasteiger partial charge is 0.325 e. The van der Waals surface area contributed by atoms with Crippen molar-refractivity contribution in [3.63, 3.8) is 0 Å². The van der Waals surface area contributed by atoms with Crippen LogP contribution in [0.15, 0.2) is 48.5 Å². The number of benzene rings is 2. The molecular weight excluding hydrogens is 310 g/mol. The molecule has 1 amide bonds. The summed E-state index contributed by atoms with van der Waals surface area (Å²) in [4.78, 5) is 12.0. The standard InChI is InChI=1S/C18H18ClN3O/c1-13(15-4-6-16(19)7-5-15)21-12-18(23)22-17-8-2-14(3-9-17)10-11-20/h2-9,13,21H,10,12H2,1H3,(H,22,23)/t13-/m1/s1. The zero-order valence-electron chi connectivity index (χ0n) is 12.8. The number of nitrogens with zero attached hydrogens (tertiary/aromatic N) is 1. The molecule has 0 saturated heterocycles.